The van der Waals surface area contributed by atoms with Crippen LogP contribution in [0.3, 0.4) is 0 Å². The standard InChI is InChI=1S/C12H27NO/c1-6-12(7-2,10-14)9-13(8-3)11(4)5/h11,14H,6-10H2,1-5H3. The normalized spacial score (nSPS) is 12.9. The Morgan fingerprint density at radius 3 is 1.86 bits per heavy atom. The third-order valence-corrected chi connectivity index (χ3v) is 3.51. The predicted molar refractivity (Wildman–Crippen MR) is 62.5 cm³/mol. The highest BCUT2D eigenvalue weighted by Gasteiger charge is 2.28. The number of aliphatic hydroxyl groups is 1. The first kappa shape index (κ1) is 13.9. The van der Waals surface area contributed by atoms with E-state index in [1.54, 1.807) is 0 Å². The molecular formula is C12H27NO. The van der Waals surface area contributed by atoms with Crippen molar-refractivity contribution in [3.63, 3.8) is 0 Å². The fourth-order valence-corrected chi connectivity index (χ4v) is 1.84. The maximum Gasteiger partial charge on any atom is 0.0499 e. The van der Waals surface area contributed by atoms with E-state index in [1.165, 1.54) is 0 Å². The molecule has 0 aliphatic heterocycles. The van der Waals surface area contributed by atoms with Crippen molar-refractivity contribution in [3.05, 3.63) is 0 Å². The highest BCUT2D eigenvalue weighted by molar-refractivity contribution is 4.80. The molecule has 0 aromatic rings. The summed E-state index contributed by atoms with van der Waals surface area (Å²) in [6.45, 7) is 13.4. The Morgan fingerprint density at radius 1 is 1.14 bits per heavy atom. The highest BCUT2D eigenvalue weighted by Crippen LogP contribution is 2.27. The summed E-state index contributed by atoms with van der Waals surface area (Å²) in [6.07, 6.45) is 2.12. The molecule has 0 aliphatic rings. The van der Waals surface area contributed by atoms with Crippen molar-refractivity contribution >= 4 is 0 Å². The van der Waals surface area contributed by atoms with Crippen molar-refractivity contribution in [3.8, 4) is 0 Å². The fourth-order valence-electron chi connectivity index (χ4n) is 1.84. The third kappa shape index (κ3) is 3.58. The molecule has 0 unspecified atom stereocenters. The second-order valence-electron chi connectivity index (χ2n) is 4.52. The first-order valence-electron chi connectivity index (χ1n) is 5.90. The summed E-state index contributed by atoms with van der Waals surface area (Å²) in [5.41, 5.74) is 0.111. The van der Waals surface area contributed by atoms with E-state index in [2.05, 4.69) is 39.5 Å². The minimum atomic E-state index is 0.111. The van der Waals surface area contributed by atoms with Crippen LogP contribution in [-0.4, -0.2) is 35.7 Å². The first-order chi connectivity index (χ1) is 6.55. The van der Waals surface area contributed by atoms with Crippen LogP contribution < -0.4 is 0 Å². The first-order valence-corrected chi connectivity index (χ1v) is 5.90. The van der Waals surface area contributed by atoms with Crippen LogP contribution >= 0.6 is 0 Å². The van der Waals surface area contributed by atoms with Crippen LogP contribution in [0.1, 0.15) is 47.5 Å². The monoisotopic (exact) mass is 201 g/mol. The van der Waals surface area contributed by atoms with Gasteiger partial charge in [0, 0.05) is 24.6 Å². The van der Waals surface area contributed by atoms with Gasteiger partial charge in [-0.1, -0.05) is 20.8 Å². The predicted octanol–water partition coefficient (Wildman–Crippen LogP) is 2.52. The van der Waals surface area contributed by atoms with Crippen molar-refractivity contribution < 1.29 is 5.11 Å². The summed E-state index contributed by atoms with van der Waals surface area (Å²) >= 11 is 0. The van der Waals surface area contributed by atoms with Crippen LogP contribution in [-0.2, 0) is 0 Å². The van der Waals surface area contributed by atoms with Crippen LogP contribution in [0.2, 0.25) is 0 Å². The van der Waals surface area contributed by atoms with Crippen molar-refractivity contribution in [2.75, 3.05) is 19.7 Å². The van der Waals surface area contributed by atoms with Gasteiger partial charge in [0.15, 0.2) is 0 Å². The lowest BCUT2D eigenvalue weighted by atomic mass is 9.82. The molecule has 0 bridgehead atoms. The van der Waals surface area contributed by atoms with Crippen LogP contribution in [0.4, 0.5) is 0 Å². The molecule has 0 aromatic heterocycles. The molecule has 14 heavy (non-hydrogen) atoms. The molecule has 0 spiro atoms. The van der Waals surface area contributed by atoms with Gasteiger partial charge in [-0.2, -0.15) is 0 Å². The van der Waals surface area contributed by atoms with Gasteiger partial charge in [-0.15, -0.1) is 0 Å². The molecule has 0 saturated heterocycles. The minimum absolute atomic E-state index is 0.111. The zero-order valence-corrected chi connectivity index (χ0v) is 10.5. The summed E-state index contributed by atoms with van der Waals surface area (Å²) in [6, 6.07) is 0.573. The summed E-state index contributed by atoms with van der Waals surface area (Å²) in [5, 5.41) is 9.48. The molecule has 1 N–H and O–H groups in total. The lowest BCUT2D eigenvalue weighted by molar-refractivity contribution is 0.0557. The van der Waals surface area contributed by atoms with Crippen molar-refractivity contribution in [2.45, 2.75) is 53.5 Å². The molecule has 0 fully saturated rings. The largest absolute Gasteiger partial charge is 0.396 e. The smallest absolute Gasteiger partial charge is 0.0499 e. The van der Waals surface area contributed by atoms with Gasteiger partial charge in [-0.05, 0) is 33.2 Å². The maximum absolute atomic E-state index is 9.48. The van der Waals surface area contributed by atoms with E-state index in [9.17, 15) is 5.11 Å². The average molecular weight is 201 g/mol. The Labute approximate surface area is 89.3 Å². The van der Waals surface area contributed by atoms with E-state index in [-0.39, 0.29) is 5.41 Å². The van der Waals surface area contributed by atoms with Crippen LogP contribution in [0.5, 0.6) is 0 Å². The van der Waals surface area contributed by atoms with Gasteiger partial charge in [0.2, 0.25) is 0 Å². The van der Waals surface area contributed by atoms with Gasteiger partial charge in [0.25, 0.3) is 0 Å². The van der Waals surface area contributed by atoms with Crippen molar-refractivity contribution in [1.29, 1.82) is 0 Å². The van der Waals surface area contributed by atoms with Gasteiger partial charge in [-0.25, -0.2) is 0 Å². The Bertz CT molecular complexity index is 133. The number of rotatable bonds is 7. The van der Waals surface area contributed by atoms with E-state index in [4.69, 9.17) is 0 Å². The fraction of sp³-hybridized carbons (Fsp3) is 1.00. The van der Waals surface area contributed by atoms with Crippen LogP contribution in [0.25, 0.3) is 0 Å². The molecule has 0 amide bonds. The van der Waals surface area contributed by atoms with Crippen LogP contribution in [0.15, 0.2) is 0 Å². The van der Waals surface area contributed by atoms with E-state index in [0.717, 1.165) is 25.9 Å². The summed E-state index contributed by atoms with van der Waals surface area (Å²) in [7, 11) is 0. The van der Waals surface area contributed by atoms with Gasteiger partial charge >= 0.3 is 0 Å². The molecule has 0 aliphatic carbocycles. The van der Waals surface area contributed by atoms with Gasteiger partial charge in [-0.3, -0.25) is 0 Å². The lowest BCUT2D eigenvalue weighted by Gasteiger charge is -2.37. The molecule has 0 heterocycles. The zero-order valence-electron chi connectivity index (χ0n) is 10.5. The van der Waals surface area contributed by atoms with Gasteiger partial charge in [0.1, 0.15) is 0 Å². The highest BCUT2D eigenvalue weighted by atomic mass is 16.3. The molecule has 2 heteroatoms. The summed E-state index contributed by atoms with van der Waals surface area (Å²) < 4.78 is 0. The number of aliphatic hydroxyl groups excluding tert-OH is 1. The Morgan fingerprint density at radius 2 is 1.64 bits per heavy atom. The molecular weight excluding hydrogens is 174 g/mol. The third-order valence-electron chi connectivity index (χ3n) is 3.51. The van der Waals surface area contributed by atoms with Crippen molar-refractivity contribution in [1.82, 2.24) is 4.90 Å². The molecule has 0 radical (unpaired) electrons. The molecule has 0 atom stereocenters. The average Bonchev–Trinajstić information content (AvgIpc) is 2.20. The molecule has 0 aromatic carbocycles. The molecule has 0 saturated carbocycles. The second-order valence-corrected chi connectivity index (χ2v) is 4.52. The minimum Gasteiger partial charge on any atom is -0.396 e. The lowest BCUT2D eigenvalue weighted by Crippen LogP contribution is -2.42. The van der Waals surface area contributed by atoms with E-state index < -0.39 is 0 Å². The van der Waals surface area contributed by atoms with E-state index in [0.29, 0.717) is 12.6 Å². The van der Waals surface area contributed by atoms with Crippen LogP contribution in [0, 0.1) is 5.41 Å². The Balaban J connectivity index is 4.39. The Hall–Kier alpha value is -0.0800. The summed E-state index contributed by atoms with van der Waals surface area (Å²) in [5.74, 6) is 0. The molecule has 0 rings (SSSR count). The SMILES string of the molecule is CCN(CC(CC)(CC)CO)C(C)C. The molecule has 2 nitrogen and oxygen atoms in total. The zero-order chi connectivity index (χ0) is 11.2. The maximum atomic E-state index is 9.48. The summed E-state index contributed by atoms with van der Waals surface area (Å²) in [4.78, 5) is 2.43. The van der Waals surface area contributed by atoms with E-state index >= 15 is 0 Å². The van der Waals surface area contributed by atoms with Crippen molar-refractivity contribution in [2.24, 2.45) is 5.41 Å². The Kier molecular flexibility index (Phi) is 6.38. The van der Waals surface area contributed by atoms with Gasteiger partial charge in [0.05, 0.1) is 0 Å². The quantitative estimate of drug-likeness (QED) is 0.684. The number of hydrogen-bond acceptors (Lipinski definition) is 2. The van der Waals surface area contributed by atoms with E-state index in [1.807, 2.05) is 0 Å². The van der Waals surface area contributed by atoms with Gasteiger partial charge < -0.3 is 10.0 Å². The second kappa shape index (κ2) is 6.41. The number of nitrogens with zero attached hydrogens (tertiary/aromatic N) is 1. The topological polar surface area (TPSA) is 23.5 Å². The number of hydrogen-bond donors (Lipinski definition) is 1. The molecule has 86 valence electrons.